The molecule has 6 rings (SSSR count). The van der Waals surface area contributed by atoms with E-state index >= 15 is 0 Å². The van der Waals surface area contributed by atoms with Gasteiger partial charge in [0.25, 0.3) is 0 Å². The molecule has 7 nitrogen and oxygen atoms in total. The van der Waals surface area contributed by atoms with Gasteiger partial charge >= 0.3 is 5.97 Å². The van der Waals surface area contributed by atoms with Crippen molar-refractivity contribution in [3.63, 3.8) is 0 Å². The number of anilines is 1. The molecular weight excluding hydrogens is 474 g/mol. The van der Waals surface area contributed by atoms with Crippen LogP contribution in [0.5, 0.6) is 0 Å². The van der Waals surface area contributed by atoms with Crippen LogP contribution < -0.4 is 4.90 Å². The molecule has 0 saturated carbocycles. The molecule has 0 bridgehead atoms. The summed E-state index contributed by atoms with van der Waals surface area (Å²) in [6.45, 7) is 9.03. The zero-order chi connectivity index (χ0) is 26.4. The molecule has 1 fully saturated rings. The van der Waals surface area contributed by atoms with Crippen LogP contribution in [0.4, 0.5) is 5.69 Å². The van der Waals surface area contributed by atoms with Crippen LogP contribution in [0.2, 0.25) is 0 Å². The Labute approximate surface area is 223 Å². The fourth-order valence-corrected chi connectivity index (χ4v) is 6.17. The molecule has 38 heavy (non-hydrogen) atoms. The van der Waals surface area contributed by atoms with Crippen LogP contribution in [0.3, 0.4) is 0 Å². The van der Waals surface area contributed by atoms with Gasteiger partial charge in [0.05, 0.1) is 5.41 Å². The van der Waals surface area contributed by atoms with Gasteiger partial charge in [-0.25, -0.2) is 4.98 Å². The zero-order valence-corrected chi connectivity index (χ0v) is 22.4. The summed E-state index contributed by atoms with van der Waals surface area (Å²) in [7, 11) is 0. The van der Waals surface area contributed by atoms with Crippen molar-refractivity contribution in [2.75, 3.05) is 24.5 Å². The standard InChI is InChI=1S/C31H35N5O2/c1-20-16-33-29-25(20)15-23(17-34-29)22-13-21-8-12-35(24-6-9-32-10-7-24)18-27(21)26(14-22)28-5-4-11-36(28)19-31(2,3)30(37)38/h6-7,9-10,13-17,28H,4-5,8,11-12,18-19H2,1-3H3,(H,33,34)(H,37,38)/t28-/m0/s1. The van der Waals surface area contributed by atoms with E-state index in [1.807, 2.05) is 38.6 Å². The van der Waals surface area contributed by atoms with Gasteiger partial charge in [-0.05, 0) is 98.7 Å². The highest BCUT2D eigenvalue weighted by Crippen LogP contribution is 2.41. The first kappa shape index (κ1) is 24.6. The smallest absolute Gasteiger partial charge is 0.310 e. The first-order valence-electron chi connectivity index (χ1n) is 13.5. The Morgan fingerprint density at radius 3 is 2.76 bits per heavy atom. The molecule has 4 aromatic rings. The monoisotopic (exact) mass is 509 g/mol. The maximum atomic E-state index is 12.0. The number of aliphatic carboxylic acids is 1. The van der Waals surface area contributed by atoms with Crippen molar-refractivity contribution in [3.05, 3.63) is 77.4 Å². The van der Waals surface area contributed by atoms with Crippen LogP contribution in [-0.2, 0) is 17.8 Å². The van der Waals surface area contributed by atoms with Crippen LogP contribution in [0.15, 0.2) is 55.1 Å². The van der Waals surface area contributed by atoms with Crippen LogP contribution in [0.1, 0.15) is 55.0 Å². The van der Waals surface area contributed by atoms with Crippen molar-refractivity contribution < 1.29 is 9.90 Å². The highest BCUT2D eigenvalue weighted by molar-refractivity contribution is 5.84. The van der Waals surface area contributed by atoms with Gasteiger partial charge in [-0.2, -0.15) is 0 Å². The van der Waals surface area contributed by atoms with E-state index in [1.165, 1.54) is 33.5 Å². The number of hydrogen-bond donors (Lipinski definition) is 2. The molecule has 0 amide bonds. The maximum absolute atomic E-state index is 12.0. The Morgan fingerprint density at radius 2 is 1.97 bits per heavy atom. The van der Waals surface area contributed by atoms with Gasteiger partial charge < -0.3 is 15.0 Å². The number of aromatic amines is 1. The first-order chi connectivity index (χ1) is 18.3. The van der Waals surface area contributed by atoms with Crippen molar-refractivity contribution in [1.82, 2.24) is 19.9 Å². The van der Waals surface area contributed by atoms with Crippen molar-refractivity contribution in [1.29, 1.82) is 0 Å². The third-order valence-electron chi connectivity index (χ3n) is 8.38. The largest absolute Gasteiger partial charge is 0.481 e. The minimum absolute atomic E-state index is 0.199. The quantitative estimate of drug-likeness (QED) is 0.345. The number of hydrogen-bond acceptors (Lipinski definition) is 5. The summed E-state index contributed by atoms with van der Waals surface area (Å²) in [5.41, 5.74) is 8.91. The molecule has 1 aromatic carbocycles. The van der Waals surface area contributed by atoms with Gasteiger partial charge in [-0.1, -0.05) is 6.07 Å². The second-order valence-electron chi connectivity index (χ2n) is 11.5. The number of carboxylic acids is 1. The molecule has 0 unspecified atom stereocenters. The summed E-state index contributed by atoms with van der Waals surface area (Å²) in [5.74, 6) is -0.746. The lowest BCUT2D eigenvalue weighted by Crippen LogP contribution is -2.39. The van der Waals surface area contributed by atoms with Gasteiger partial charge in [0.1, 0.15) is 5.65 Å². The van der Waals surface area contributed by atoms with Crippen LogP contribution in [0.25, 0.3) is 22.2 Å². The number of carboxylic acid groups (broad SMARTS) is 1. The molecule has 196 valence electrons. The summed E-state index contributed by atoms with van der Waals surface area (Å²) in [5, 5.41) is 11.0. The second-order valence-corrected chi connectivity index (χ2v) is 11.5. The molecule has 2 aliphatic rings. The molecule has 1 atom stereocenters. The normalized spacial score (nSPS) is 18.2. The van der Waals surface area contributed by atoms with Gasteiger partial charge in [-0.15, -0.1) is 0 Å². The molecule has 2 aliphatic heterocycles. The van der Waals surface area contributed by atoms with E-state index in [0.717, 1.165) is 55.5 Å². The Kier molecular flexibility index (Phi) is 6.19. The SMILES string of the molecule is Cc1c[nH]c2ncc(-c3cc4c(c([C@@H]5CCCN5CC(C)(C)C(=O)O)c3)CN(c3ccncc3)CC4)cc12. The van der Waals surface area contributed by atoms with E-state index in [2.05, 4.69) is 57.0 Å². The predicted octanol–water partition coefficient (Wildman–Crippen LogP) is 5.74. The number of pyridine rings is 2. The van der Waals surface area contributed by atoms with E-state index in [9.17, 15) is 9.90 Å². The van der Waals surface area contributed by atoms with Crippen LogP contribution in [-0.4, -0.2) is 50.6 Å². The number of aryl methyl sites for hydroxylation is 1. The number of likely N-dealkylation sites (tertiary alicyclic amines) is 1. The lowest BCUT2D eigenvalue weighted by Gasteiger charge is -2.36. The Hall–Kier alpha value is -3.71. The molecule has 2 N–H and O–H groups in total. The number of rotatable bonds is 6. The molecule has 0 spiro atoms. The lowest BCUT2D eigenvalue weighted by atomic mass is 9.86. The topological polar surface area (TPSA) is 85.3 Å². The Balaban J connectivity index is 1.44. The number of H-pyrrole nitrogens is 1. The van der Waals surface area contributed by atoms with Gasteiger partial charge in [0, 0.05) is 67.1 Å². The van der Waals surface area contributed by atoms with E-state index in [0.29, 0.717) is 6.54 Å². The second kappa shape index (κ2) is 9.55. The summed E-state index contributed by atoms with van der Waals surface area (Å²) in [6.07, 6.45) is 10.8. The minimum atomic E-state index is -0.801. The van der Waals surface area contributed by atoms with E-state index in [1.54, 1.807) is 0 Å². The van der Waals surface area contributed by atoms with E-state index < -0.39 is 11.4 Å². The fraction of sp³-hybridized carbons (Fsp3) is 0.387. The number of nitrogens with one attached hydrogen (secondary N) is 1. The molecule has 7 heteroatoms. The van der Waals surface area contributed by atoms with Gasteiger partial charge in [-0.3, -0.25) is 14.7 Å². The summed E-state index contributed by atoms with van der Waals surface area (Å²) < 4.78 is 0. The van der Waals surface area contributed by atoms with Crippen LogP contribution >= 0.6 is 0 Å². The summed E-state index contributed by atoms with van der Waals surface area (Å²) in [6, 6.07) is 11.3. The Bertz CT molecular complexity index is 1490. The minimum Gasteiger partial charge on any atom is -0.481 e. The zero-order valence-electron chi connectivity index (χ0n) is 22.4. The number of carbonyl (C=O) groups is 1. The fourth-order valence-electron chi connectivity index (χ4n) is 6.17. The Morgan fingerprint density at radius 1 is 1.16 bits per heavy atom. The van der Waals surface area contributed by atoms with Gasteiger partial charge in [0.15, 0.2) is 0 Å². The number of aromatic nitrogens is 3. The van der Waals surface area contributed by atoms with Gasteiger partial charge in [0.2, 0.25) is 0 Å². The summed E-state index contributed by atoms with van der Waals surface area (Å²) >= 11 is 0. The number of benzene rings is 1. The molecule has 3 aromatic heterocycles. The highest BCUT2D eigenvalue weighted by atomic mass is 16.4. The molecule has 0 aliphatic carbocycles. The highest BCUT2D eigenvalue weighted by Gasteiger charge is 2.37. The predicted molar refractivity (Wildman–Crippen MR) is 150 cm³/mol. The van der Waals surface area contributed by atoms with E-state index in [4.69, 9.17) is 4.98 Å². The van der Waals surface area contributed by atoms with Crippen molar-refractivity contribution in [3.8, 4) is 11.1 Å². The maximum Gasteiger partial charge on any atom is 0.310 e. The molecule has 5 heterocycles. The number of nitrogens with zero attached hydrogens (tertiary/aromatic N) is 4. The molecule has 1 saturated heterocycles. The summed E-state index contributed by atoms with van der Waals surface area (Å²) in [4.78, 5) is 29.0. The average Bonchev–Trinajstić information content (AvgIpc) is 3.53. The van der Waals surface area contributed by atoms with Crippen molar-refractivity contribution in [2.24, 2.45) is 5.41 Å². The molecule has 0 radical (unpaired) electrons. The first-order valence-corrected chi connectivity index (χ1v) is 13.5. The lowest BCUT2D eigenvalue weighted by molar-refractivity contribution is -0.148. The molecular formula is C31H35N5O2. The van der Waals surface area contributed by atoms with Crippen molar-refractivity contribution in [2.45, 2.75) is 52.6 Å². The average molecular weight is 510 g/mol. The van der Waals surface area contributed by atoms with E-state index in [-0.39, 0.29) is 6.04 Å². The van der Waals surface area contributed by atoms with Crippen LogP contribution in [0, 0.1) is 12.3 Å². The van der Waals surface area contributed by atoms with Crippen molar-refractivity contribution >= 4 is 22.7 Å². The third kappa shape index (κ3) is 4.45. The number of fused-ring (bicyclic) bond motifs is 2. The third-order valence-corrected chi connectivity index (χ3v) is 8.38.